The van der Waals surface area contributed by atoms with E-state index in [2.05, 4.69) is 15.2 Å². The van der Waals surface area contributed by atoms with E-state index in [1.807, 2.05) is 4.90 Å². The lowest BCUT2D eigenvalue weighted by atomic mass is 10.0. The van der Waals surface area contributed by atoms with Gasteiger partial charge in [0.05, 0.1) is 11.8 Å². The van der Waals surface area contributed by atoms with E-state index in [0.717, 1.165) is 28.8 Å². The SMILES string of the molecule is O=C(c1c[nH]cc1-c1ccc(F)cc1)N1CCc2[nH]ncc2C1. The monoisotopic (exact) mass is 310 g/mol. The van der Waals surface area contributed by atoms with Gasteiger partial charge in [0, 0.05) is 48.7 Å². The minimum absolute atomic E-state index is 0.0302. The molecule has 0 spiro atoms. The number of H-pyrrole nitrogens is 2. The third-order valence-corrected chi connectivity index (χ3v) is 4.22. The van der Waals surface area contributed by atoms with Crippen LogP contribution in [0, 0.1) is 5.82 Å². The van der Waals surface area contributed by atoms with Crippen LogP contribution in [-0.2, 0) is 13.0 Å². The molecule has 6 heteroatoms. The average Bonchev–Trinajstić information content (AvgIpc) is 3.23. The lowest BCUT2D eigenvalue weighted by Gasteiger charge is -2.26. The highest BCUT2D eigenvalue weighted by molar-refractivity contribution is 6.00. The topological polar surface area (TPSA) is 64.8 Å². The molecule has 2 N–H and O–H groups in total. The number of aromatic amines is 2. The van der Waals surface area contributed by atoms with E-state index in [1.165, 1.54) is 12.1 Å². The van der Waals surface area contributed by atoms with Crippen molar-refractivity contribution in [2.24, 2.45) is 0 Å². The van der Waals surface area contributed by atoms with Gasteiger partial charge in [0.2, 0.25) is 0 Å². The minimum atomic E-state index is -0.291. The van der Waals surface area contributed by atoms with Crippen LogP contribution in [0.25, 0.3) is 11.1 Å². The Bertz CT molecular complexity index is 850. The number of rotatable bonds is 2. The maximum absolute atomic E-state index is 13.1. The Morgan fingerprint density at radius 3 is 2.87 bits per heavy atom. The van der Waals surface area contributed by atoms with Gasteiger partial charge in [0.1, 0.15) is 5.82 Å². The van der Waals surface area contributed by atoms with Crippen LogP contribution in [-0.4, -0.2) is 32.5 Å². The molecular formula is C17H15FN4O. The van der Waals surface area contributed by atoms with Crippen molar-refractivity contribution in [3.8, 4) is 11.1 Å². The van der Waals surface area contributed by atoms with Crippen LogP contribution in [0.15, 0.2) is 42.9 Å². The van der Waals surface area contributed by atoms with Crippen molar-refractivity contribution in [3.63, 3.8) is 0 Å². The Balaban J connectivity index is 1.63. The molecule has 0 saturated heterocycles. The third kappa shape index (κ3) is 2.42. The van der Waals surface area contributed by atoms with Crippen molar-refractivity contribution in [2.75, 3.05) is 6.54 Å². The smallest absolute Gasteiger partial charge is 0.256 e. The molecule has 0 radical (unpaired) electrons. The molecule has 1 aromatic carbocycles. The highest BCUT2D eigenvalue weighted by Crippen LogP contribution is 2.26. The zero-order valence-corrected chi connectivity index (χ0v) is 12.3. The first kappa shape index (κ1) is 13.8. The molecule has 0 bridgehead atoms. The zero-order chi connectivity index (χ0) is 15.8. The number of fused-ring (bicyclic) bond motifs is 1. The summed E-state index contributed by atoms with van der Waals surface area (Å²) in [5.74, 6) is -0.321. The van der Waals surface area contributed by atoms with Crippen LogP contribution < -0.4 is 0 Å². The standard InChI is InChI=1S/C17H15FN4O/c18-13-3-1-11(2-4-13)14-8-19-9-15(14)17(23)22-6-5-16-12(10-22)7-20-21-16/h1-4,7-9,19H,5-6,10H2,(H,20,21). The molecule has 23 heavy (non-hydrogen) atoms. The van der Waals surface area contributed by atoms with Crippen molar-refractivity contribution < 1.29 is 9.18 Å². The molecule has 0 aliphatic carbocycles. The molecule has 1 aliphatic heterocycles. The Morgan fingerprint density at radius 1 is 1.22 bits per heavy atom. The van der Waals surface area contributed by atoms with Gasteiger partial charge in [-0.25, -0.2) is 4.39 Å². The second-order valence-corrected chi connectivity index (χ2v) is 5.64. The van der Waals surface area contributed by atoms with Gasteiger partial charge >= 0.3 is 0 Å². The van der Waals surface area contributed by atoms with Crippen LogP contribution >= 0.6 is 0 Å². The molecule has 1 aliphatic rings. The average molecular weight is 310 g/mol. The summed E-state index contributed by atoms with van der Waals surface area (Å²) in [7, 11) is 0. The number of carbonyl (C=O) groups excluding carboxylic acids is 1. The quantitative estimate of drug-likeness (QED) is 0.764. The van der Waals surface area contributed by atoms with E-state index in [4.69, 9.17) is 0 Å². The van der Waals surface area contributed by atoms with Gasteiger partial charge in [-0.15, -0.1) is 0 Å². The molecule has 0 saturated carbocycles. The molecular weight excluding hydrogens is 295 g/mol. The maximum atomic E-state index is 13.1. The predicted molar refractivity (Wildman–Crippen MR) is 83.2 cm³/mol. The molecule has 1 amide bonds. The van der Waals surface area contributed by atoms with Crippen molar-refractivity contribution in [1.82, 2.24) is 20.1 Å². The maximum Gasteiger partial charge on any atom is 0.256 e. The largest absolute Gasteiger partial charge is 0.366 e. The summed E-state index contributed by atoms with van der Waals surface area (Å²) in [6.07, 6.45) is 6.02. The Kier molecular flexibility index (Phi) is 3.22. The summed E-state index contributed by atoms with van der Waals surface area (Å²) in [5.41, 5.74) is 4.36. The van der Waals surface area contributed by atoms with Crippen LogP contribution in [0.1, 0.15) is 21.6 Å². The molecule has 3 heterocycles. The number of carbonyl (C=O) groups is 1. The van der Waals surface area contributed by atoms with Gasteiger partial charge in [-0.05, 0) is 17.7 Å². The normalized spacial score (nSPS) is 13.9. The van der Waals surface area contributed by atoms with Crippen LogP contribution in [0.3, 0.4) is 0 Å². The van der Waals surface area contributed by atoms with Crippen molar-refractivity contribution >= 4 is 5.91 Å². The summed E-state index contributed by atoms with van der Waals surface area (Å²) in [5, 5.41) is 6.99. The Hall–Kier alpha value is -2.89. The van der Waals surface area contributed by atoms with Crippen molar-refractivity contribution in [2.45, 2.75) is 13.0 Å². The number of aromatic nitrogens is 3. The van der Waals surface area contributed by atoms with E-state index in [9.17, 15) is 9.18 Å². The van der Waals surface area contributed by atoms with E-state index >= 15 is 0 Å². The molecule has 4 rings (SSSR count). The summed E-state index contributed by atoms with van der Waals surface area (Å²) in [4.78, 5) is 17.7. The Morgan fingerprint density at radius 2 is 2.04 bits per heavy atom. The van der Waals surface area contributed by atoms with E-state index in [-0.39, 0.29) is 11.7 Å². The molecule has 2 aromatic heterocycles. The fraction of sp³-hybridized carbons (Fsp3) is 0.176. The number of halogens is 1. The van der Waals surface area contributed by atoms with Gasteiger partial charge < -0.3 is 9.88 Å². The number of hydrogen-bond acceptors (Lipinski definition) is 2. The van der Waals surface area contributed by atoms with Gasteiger partial charge in [-0.1, -0.05) is 12.1 Å². The first-order valence-corrected chi connectivity index (χ1v) is 7.45. The molecule has 0 fully saturated rings. The summed E-state index contributed by atoms with van der Waals surface area (Å²) < 4.78 is 13.1. The fourth-order valence-corrected chi connectivity index (χ4v) is 2.97. The van der Waals surface area contributed by atoms with Crippen LogP contribution in [0.4, 0.5) is 4.39 Å². The highest BCUT2D eigenvalue weighted by atomic mass is 19.1. The van der Waals surface area contributed by atoms with Crippen molar-refractivity contribution in [3.05, 3.63) is 65.5 Å². The van der Waals surface area contributed by atoms with Crippen LogP contribution in [0.5, 0.6) is 0 Å². The molecule has 3 aromatic rings. The van der Waals surface area contributed by atoms with E-state index in [0.29, 0.717) is 18.7 Å². The predicted octanol–water partition coefficient (Wildman–Crippen LogP) is 2.74. The minimum Gasteiger partial charge on any atom is -0.366 e. The zero-order valence-electron chi connectivity index (χ0n) is 12.3. The lowest BCUT2D eigenvalue weighted by molar-refractivity contribution is 0.0735. The van der Waals surface area contributed by atoms with Crippen molar-refractivity contribution in [1.29, 1.82) is 0 Å². The van der Waals surface area contributed by atoms with Gasteiger partial charge in [0.25, 0.3) is 5.91 Å². The molecule has 116 valence electrons. The van der Waals surface area contributed by atoms with Gasteiger partial charge in [0.15, 0.2) is 0 Å². The third-order valence-electron chi connectivity index (χ3n) is 4.22. The number of amides is 1. The number of nitrogens with one attached hydrogen (secondary N) is 2. The van der Waals surface area contributed by atoms with Gasteiger partial charge in [-0.3, -0.25) is 9.89 Å². The molecule has 0 atom stereocenters. The number of nitrogens with zero attached hydrogens (tertiary/aromatic N) is 2. The molecule has 5 nitrogen and oxygen atoms in total. The Labute approximate surface area is 132 Å². The van der Waals surface area contributed by atoms with E-state index < -0.39 is 0 Å². The fourth-order valence-electron chi connectivity index (χ4n) is 2.97. The summed E-state index contributed by atoms with van der Waals surface area (Å²) in [6, 6.07) is 6.16. The first-order valence-electron chi connectivity index (χ1n) is 7.45. The highest BCUT2D eigenvalue weighted by Gasteiger charge is 2.25. The second kappa shape index (κ2) is 5.39. The van der Waals surface area contributed by atoms with E-state index in [1.54, 1.807) is 30.7 Å². The molecule has 0 unspecified atom stereocenters. The van der Waals surface area contributed by atoms with Gasteiger partial charge in [-0.2, -0.15) is 5.10 Å². The van der Waals surface area contributed by atoms with Crippen LogP contribution in [0.2, 0.25) is 0 Å². The number of hydrogen-bond donors (Lipinski definition) is 2. The summed E-state index contributed by atoms with van der Waals surface area (Å²) in [6.45, 7) is 1.21. The second-order valence-electron chi connectivity index (χ2n) is 5.64. The summed E-state index contributed by atoms with van der Waals surface area (Å²) >= 11 is 0. The lowest BCUT2D eigenvalue weighted by Crippen LogP contribution is -2.35. The number of benzene rings is 1. The first-order chi connectivity index (χ1) is 11.2.